The van der Waals surface area contributed by atoms with Gasteiger partial charge in [0.15, 0.2) is 0 Å². The van der Waals surface area contributed by atoms with Crippen LogP contribution in [0.15, 0.2) is 0 Å². The minimum Gasteiger partial charge on any atom is -0.480 e. The third-order valence-electron chi connectivity index (χ3n) is 4.65. The van der Waals surface area contributed by atoms with Crippen molar-refractivity contribution in [2.24, 2.45) is 11.8 Å². The molecule has 0 saturated heterocycles. The molecule has 1 fully saturated rings. The van der Waals surface area contributed by atoms with Gasteiger partial charge in [-0.3, -0.25) is 9.69 Å². The van der Waals surface area contributed by atoms with Crippen LogP contribution in [-0.4, -0.2) is 34.1 Å². The first-order valence-electron chi connectivity index (χ1n) is 6.82. The normalized spacial score (nSPS) is 30.6. The summed E-state index contributed by atoms with van der Waals surface area (Å²) in [6.45, 7) is 11.1. The number of carbonyl (C=O) groups is 1. The van der Waals surface area contributed by atoms with Crippen LogP contribution in [-0.2, 0) is 4.79 Å². The van der Waals surface area contributed by atoms with Crippen LogP contribution < -0.4 is 0 Å². The molecule has 0 aromatic rings. The second kappa shape index (κ2) is 5.38. The van der Waals surface area contributed by atoms with Gasteiger partial charge in [-0.1, -0.05) is 33.6 Å². The van der Waals surface area contributed by atoms with Gasteiger partial charge in [-0.05, 0) is 38.6 Å². The summed E-state index contributed by atoms with van der Waals surface area (Å²) in [4.78, 5) is 13.6. The lowest BCUT2D eigenvalue weighted by Crippen LogP contribution is -2.57. The van der Waals surface area contributed by atoms with Gasteiger partial charge >= 0.3 is 5.97 Å². The van der Waals surface area contributed by atoms with Crippen LogP contribution in [0.1, 0.15) is 53.9 Å². The number of carboxylic acid groups (broad SMARTS) is 1. The zero-order chi connectivity index (χ0) is 13.2. The molecule has 0 amide bonds. The third kappa shape index (κ3) is 2.82. The van der Waals surface area contributed by atoms with Crippen LogP contribution in [0.3, 0.4) is 0 Å². The average molecular weight is 241 g/mol. The molecule has 1 aliphatic carbocycles. The Morgan fingerprint density at radius 1 is 1.35 bits per heavy atom. The van der Waals surface area contributed by atoms with Crippen molar-refractivity contribution >= 4 is 5.97 Å². The van der Waals surface area contributed by atoms with Crippen LogP contribution in [0.25, 0.3) is 0 Å². The summed E-state index contributed by atoms with van der Waals surface area (Å²) in [6.07, 6.45) is 3.64. The number of hydrogen-bond donors (Lipinski definition) is 1. The monoisotopic (exact) mass is 241 g/mol. The molecule has 3 nitrogen and oxygen atoms in total. The van der Waals surface area contributed by atoms with E-state index in [1.807, 2.05) is 13.8 Å². The second-order valence-electron chi connectivity index (χ2n) is 5.98. The zero-order valence-corrected chi connectivity index (χ0v) is 11.9. The average Bonchev–Trinajstić information content (AvgIpc) is 2.24. The summed E-state index contributed by atoms with van der Waals surface area (Å²) >= 11 is 0. The van der Waals surface area contributed by atoms with Gasteiger partial charge < -0.3 is 5.11 Å². The number of nitrogens with zero attached hydrogens (tertiary/aromatic N) is 1. The molecule has 0 bridgehead atoms. The van der Waals surface area contributed by atoms with Crippen LogP contribution in [0.4, 0.5) is 0 Å². The van der Waals surface area contributed by atoms with E-state index in [1.165, 1.54) is 12.8 Å². The van der Waals surface area contributed by atoms with Crippen molar-refractivity contribution in [3.63, 3.8) is 0 Å². The first-order chi connectivity index (χ1) is 7.82. The maximum Gasteiger partial charge on any atom is 0.323 e. The highest BCUT2D eigenvalue weighted by Gasteiger charge is 2.41. The van der Waals surface area contributed by atoms with E-state index < -0.39 is 11.5 Å². The van der Waals surface area contributed by atoms with Gasteiger partial charge in [0.2, 0.25) is 0 Å². The number of likely N-dealkylation sites (N-methyl/N-ethyl adjacent to an activating group) is 1. The van der Waals surface area contributed by atoms with E-state index in [0.29, 0.717) is 17.9 Å². The number of aliphatic carboxylic acids is 1. The lowest BCUT2D eigenvalue weighted by Gasteiger charge is -2.46. The van der Waals surface area contributed by atoms with Crippen molar-refractivity contribution in [1.82, 2.24) is 4.90 Å². The van der Waals surface area contributed by atoms with Gasteiger partial charge in [0.1, 0.15) is 5.54 Å². The van der Waals surface area contributed by atoms with Crippen molar-refractivity contribution in [3.8, 4) is 0 Å². The standard InChI is InChI=1S/C14H27NO2/c1-6-15(14(4,5)13(16)17)12-9-7-8-10(2)11(12)3/h10-12H,6-9H2,1-5H3,(H,16,17). The molecule has 1 saturated carbocycles. The highest BCUT2D eigenvalue weighted by atomic mass is 16.4. The zero-order valence-electron chi connectivity index (χ0n) is 11.9. The Morgan fingerprint density at radius 2 is 1.94 bits per heavy atom. The predicted molar refractivity (Wildman–Crippen MR) is 70.1 cm³/mol. The van der Waals surface area contributed by atoms with Crippen LogP contribution in [0, 0.1) is 11.8 Å². The topological polar surface area (TPSA) is 40.5 Å². The summed E-state index contributed by atoms with van der Waals surface area (Å²) < 4.78 is 0. The van der Waals surface area contributed by atoms with Crippen molar-refractivity contribution in [1.29, 1.82) is 0 Å². The minimum atomic E-state index is -0.759. The number of carboxylic acids is 1. The second-order valence-corrected chi connectivity index (χ2v) is 5.98. The number of hydrogen-bond acceptors (Lipinski definition) is 2. The predicted octanol–water partition coefficient (Wildman–Crippen LogP) is 3.00. The molecule has 3 heteroatoms. The first kappa shape index (κ1) is 14.5. The maximum atomic E-state index is 11.4. The van der Waals surface area contributed by atoms with Crippen LogP contribution in [0.5, 0.6) is 0 Å². The molecule has 0 heterocycles. The summed E-state index contributed by atoms with van der Waals surface area (Å²) in [5.41, 5.74) is -0.759. The van der Waals surface area contributed by atoms with Crippen LogP contribution >= 0.6 is 0 Å². The Labute approximate surface area is 105 Å². The molecular weight excluding hydrogens is 214 g/mol. The smallest absolute Gasteiger partial charge is 0.323 e. The van der Waals surface area contributed by atoms with Gasteiger partial charge in [0.25, 0.3) is 0 Å². The van der Waals surface area contributed by atoms with Crippen molar-refractivity contribution in [2.45, 2.75) is 65.5 Å². The fourth-order valence-electron chi connectivity index (χ4n) is 3.16. The van der Waals surface area contributed by atoms with Gasteiger partial charge in [-0.15, -0.1) is 0 Å². The molecule has 0 radical (unpaired) electrons. The van der Waals surface area contributed by atoms with Gasteiger partial charge in [-0.2, -0.15) is 0 Å². The van der Waals surface area contributed by atoms with Gasteiger partial charge in [0, 0.05) is 6.04 Å². The molecule has 0 spiro atoms. The molecule has 100 valence electrons. The van der Waals surface area contributed by atoms with Crippen molar-refractivity contribution in [3.05, 3.63) is 0 Å². The van der Waals surface area contributed by atoms with Crippen molar-refractivity contribution < 1.29 is 9.90 Å². The molecule has 0 aromatic heterocycles. The molecule has 3 atom stereocenters. The molecule has 3 unspecified atom stereocenters. The molecule has 1 aliphatic rings. The lowest BCUT2D eigenvalue weighted by atomic mass is 9.76. The molecule has 1 rings (SSSR count). The Bertz CT molecular complexity index is 275. The summed E-state index contributed by atoms with van der Waals surface area (Å²) in [6, 6.07) is 0.412. The van der Waals surface area contributed by atoms with E-state index in [9.17, 15) is 9.90 Å². The molecule has 1 N–H and O–H groups in total. The van der Waals surface area contributed by atoms with Gasteiger partial charge in [0.05, 0.1) is 0 Å². The van der Waals surface area contributed by atoms with E-state index in [1.54, 1.807) is 0 Å². The summed E-state index contributed by atoms with van der Waals surface area (Å²) in [5, 5.41) is 9.38. The molecule has 0 aromatic carbocycles. The van der Waals surface area contributed by atoms with E-state index in [0.717, 1.165) is 13.0 Å². The molecule has 0 aliphatic heterocycles. The Morgan fingerprint density at radius 3 is 2.41 bits per heavy atom. The largest absolute Gasteiger partial charge is 0.480 e. The third-order valence-corrected chi connectivity index (χ3v) is 4.65. The highest BCUT2D eigenvalue weighted by Crippen LogP contribution is 2.35. The summed E-state index contributed by atoms with van der Waals surface area (Å²) in [5.74, 6) is 0.569. The van der Waals surface area contributed by atoms with E-state index in [2.05, 4.69) is 25.7 Å². The fraction of sp³-hybridized carbons (Fsp3) is 0.929. The Balaban J connectivity index is 2.90. The quantitative estimate of drug-likeness (QED) is 0.822. The first-order valence-corrected chi connectivity index (χ1v) is 6.82. The van der Waals surface area contributed by atoms with E-state index in [4.69, 9.17) is 0 Å². The minimum absolute atomic E-state index is 0.412. The SMILES string of the molecule is CCN(C1CCCC(C)C1C)C(C)(C)C(=O)O. The van der Waals surface area contributed by atoms with E-state index in [-0.39, 0.29) is 0 Å². The van der Waals surface area contributed by atoms with E-state index >= 15 is 0 Å². The van der Waals surface area contributed by atoms with Crippen molar-refractivity contribution in [2.75, 3.05) is 6.54 Å². The Hall–Kier alpha value is -0.570. The molecule has 17 heavy (non-hydrogen) atoms. The molecular formula is C14H27NO2. The Kier molecular flexibility index (Phi) is 4.59. The summed E-state index contributed by atoms with van der Waals surface area (Å²) in [7, 11) is 0. The lowest BCUT2D eigenvalue weighted by molar-refractivity contribution is -0.152. The maximum absolute atomic E-state index is 11.4. The highest BCUT2D eigenvalue weighted by molar-refractivity contribution is 5.77. The van der Waals surface area contributed by atoms with Gasteiger partial charge in [-0.25, -0.2) is 0 Å². The fourth-order valence-corrected chi connectivity index (χ4v) is 3.16. The number of rotatable bonds is 4. The van der Waals surface area contributed by atoms with Crippen LogP contribution in [0.2, 0.25) is 0 Å².